The highest BCUT2D eigenvalue weighted by Gasteiger charge is 2.35. The van der Waals surface area contributed by atoms with Gasteiger partial charge in [-0.15, -0.1) is 0 Å². The summed E-state index contributed by atoms with van der Waals surface area (Å²) in [5.74, 6) is 0. The Hall–Kier alpha value is -0.340. The van der Waals surface area contributed by atoms with Gasteiger partial charge in [0.1, 0.15) is 0 Å². The zero-order valence-corrected chi connectivity index (χ0v) is 11.4. The van der Waals surface area contributed by atoms with E-state index in [9.17, 15) is 0 Å². The molecule has 1 aliphatic rings. The molecule has 94 valence electrons. The van der Waals surface area contributed by atoms with Crippen LogP contribution in [0.15, 0.2) is 12.2 Å². The van der Waals surface area contributed by atoms with Gasteiger partial charge in [0.25, 0.3) is 0 Å². The van der Waals surface area contributed by atoms with Gasteiger partial charge in [0.15, 0.2) is 0 Å². The average Bonchev–Trinajstić information content (AvgIpc) is 2.35. The molecule has 0 radical (unpaired) electrons. The highest BCUT2D eigenvalue weighted by molar-refractivity contribution is 4.98. The molecule has 0 bridgehead atoms. The standard InChI is InChI=1S/C14H28N2/c1-5-9-10-16-12-14(7-3,8-4)15-11-13(16)6-2/h5,9,13,15H,6-8,10-12H2,1-4H3/b9-5+. The van der Waals surface area contributed by atoms with Crippen LogP contribution >= 0.6 is 0 Å². The van der Waals surface area contributed by atoms with Gasteiger partial charge in [0, 0.05) is 31.2 Å². The molecule has 1 rings (SSSR count). The first kappa shape index (κ1) is 13.7. The molecule has 1 unspecified atom stereocenters. The van der Waals surface area contributed by atoms with E-state index in [1.807, 2.05) is 0 Å². The van der Waals surface area contributed by atoms with Crippen LogP contribution in [0.4, 0.5) is 0 Å². The lowest BCUT2D eigenvalue weighted by Gasteiger charge is -2.47. The third kappa shape index (κ3) is 3.08. The Morgan fingerprint density at radius 2 is 2.00 bits per heavy atom. The molecule has 2 heteroatoms. The molecule has 1 aliphatic heterocycles. The first-order valence-electron chi connectivity index (χ1n) is 6.81. The number of allylic oxidation sites excluding steroid dienone is 1. The summed E-state index contributed by atoms with van der Waals surface area (Å²) in [5.41, 5.74) is 0.354. The second-order valence-electron chi connectivity index (χ2n) is 4.93. The van der Waals surface area contributed by atoms with Crippen molar-refractivity contribution in [2.75, 3.05) is 19.6 Å². The predicted molar refractivity (Wildman–Crippen MR) is 71.8 cm³/mol. The van der Waals surface area contributed by atoms with Crippen LogP contribution in [0.1, 0.15) is 47.0 Å². The SMILES string of the molecule is C/C=C/CN1CC(CC)(CC)NCC1CC. The van der Waals surface area contributed by atoms with Crippen LogP contribution < -0.4 is 5.32 Å². The van der Waals surface area contributed by atoms with E-state index in [4.69, 9.17) is 0 Å². The van der Waals surface area contributed by atoms with E-state index in [2.05, 4.69) is 50.1 Å². The normalized spacial score (nSPS) is 26.4. The van der Waals surface area contributed by atoms with Gasteiger partial charge in [-0.2, -0.15) is 0 Å². The van der Waals surface area contributed by atoms with Crippen molar-refractivity contribution in [2.24, 2.45) is 0 Å². The third-order valence-electron chi connectivity index (χ3n) is 4.14. The van der Waals surface area contributed by atoms with Crippen molar-refractivity contribution in [3.63, 3.8) is 0 Å². The summed E-state index contributed by atoms with van der Waals surface area (Å²) in [7, 11) is 0. The largest absolute Gasteiger partial charge is 0.308 e. The zero-order chi connectivity index (χ0) is 12.0. The maximum atomic E-state index is 3.77. The van der Waals surface area contributed by atoms with E-state index >= 15 is 0 Å². The molecule has 0 spiro atoms. The van der Waals surface area contributed by atoms with Gasteiger partial charge in [-0.3, -0.25) is 4.90 Å². The van der Waals surface area contributed by atoms with Crippen molar-refractivity contribution in [1.29, 1.82) is 0 Å². The van der Waals surface area contributed by atoms with Crippen LogP contribution in [-0.4, -0.2) is 36.1 Å². The molecule has 1 N–H and O–H groups in total. The predicted octanol–water partition coefficient (Wildman–Crippen LogP) is 2.81. The quantitative estimate of drug-likeness (QED) is 0.722. The topological polar surface area (TPSA) is 15.3 Å². The zero-order valence-electron chi connectivity index (χ0n) is 11.4. The summed E-state index contributed by atoms with van der Waals surface area (Å²) >= 11 is 0. The minimum atomic E-state index is 0.354. The van der Waals surface area contributed by atoms with Crippen molar-refractivity contribution >= 4 is 0 Å². The Morgan fingerprint density at radius 1 is 1.31 bits per heavy atom. The van der Waals surface area contributed by atoms with Crippen LogP contribution in [0.2, 0.25) is 0 Å². The first-order valence-corrected chi connectivity index (χ1v) is 6.81. The van der Waals surface area contributed by atoms with Crippen molar-refractivity contribution in [3.8, 4) is 0 Å². The van der Waals surface area contributed by atoms with Crippen molar-refractivity contribution < 1.29 is 0 Å². The molecule has 1 saturated heterocycles. The molecule has 0 aliphatic carbocycles. The molecule has 0 aromatic carbocycles. The number of piperazine rings is 1. The summed E-state index contributed by atoms with van der Waals surface area (Å²) in [6, 6.07) is 0.711. The lowest BCUT2D eigenvalue weighted by atomic mass is 9.88. The summed E-state index contributed by atoms with van der Waals surface area (Å²) in [5, 5.41) is 3.77. The maximum absolute atomic E-state index is 3.77. The fourth-order valence-electron chi connectivity index (χ4n) is 2.62. The van der Waals surface area contributed by atoms with E-state index < -0.39 is 0 Å². The van der Waals surface area contributed by atoms with E-state index in [1.165, 1.54) is 25.8 Å². The Morgan fingerprint density at radius 3 is 2.50 bits per heavy atom. The van der Waals surface area contributed by atoms with Gasteiger partial charge in [-0.1, -0.05) is 32.9 Å². The molecule has 1 atom stereocenters. The van der Waals surface area contributed by atoms with E-state index in [0.717, 1.165) is 13.1 Å². The molecule has 0 aromatic rings. The molecular weight excluding hydrogens is 196 g/mol. The van der Waals surface area contributed by atoms with E-state index in [1.54, 1.807) is 0 Å². The maximum Gasteiger partial charge on any atom is 0.0304 e. The van der Waals surface area contributed by atoms with Crippen LogP contribution in [0.25, 0.3) is 0 Å². The van der Waals surface area contributed by atoms with Gasteiger partial charge >= 0.3 is 0 Å². The Bertz CT molecular complexity index is 219. The van der Waals surface area contributed by atoms with Crippen molar-refractivity contribution in [2.45, 2.75) is 58.5 Å². The van der Waals surface area contributed by atoms with Crippen molar-refractivity contribution in [3.05, 3.63) is 12.2 Å². The van der Waals surface area contributed by atoms with E-state index in [0.29, 0.717) is 11.6 Å². The van der Waals surface area contributed by atoms with Gasteiger partial charge in [-0.25, -0.2) is 0 Å². The fourth-order valence-corrected chi connectivity index (χ4v) is 2.62. The second-order valence-corrected chi connectivity index (χ2v) is 4.93. The molecule has 0 amide bonds. The molecule has 0 saturated carbocycles. The minimum absolute atomic E-state index is 0.354. The van der Waals surface area contributed by atoms with Crippen molar-refractivity contribution in [1.82, 2.24) is 10.2 Å². The van der Waals surface area contributed by atoms with Gasteiger partial charge in [0.05, 0.1) is 0 Å². The Kier molecular flexibility index (Phi) is 5.50. The lowest BCUT2D eigenvalue weighted by molar-refractivity contribution is 0.0809. The number of hydrogen-bond donors (Lipinski definition) is 1. The molecule has 2 nitrogen and oxygen atoms in total. The Balaban J connectivity index is 2.67. The first-order chi connectivity index (χ1) is 7.71. The van der Waals surface area contributed by atoms with Crippen LogP contribution in [0.3, 0.4) is 0 Å². The van der Waals surface area contributed by atoms with Crippen LogP contribution in [0.5, 0.6) is 0 Å². The van der Waals surface area contributed by atoms with Gasteiger partial charge in [0.2, 0.25) is 0 Å². The number of nitrogens with one attached hydrogen (secondary N) is 1. The van der Waals surface area contributed by atoms with E-state index in [-0.39, 0.29) is 0 Å². The lowest BCUT2D eigenvalue weighted by Crippen LogP contribution is -2.63. The summed E-state index contributed by atoms with van der Waals surface area (Å²) < 4.78 is 0. The van der Waals surface area contributed by atoms with Gasteiger partial charge in [-0.05, 0) is 26.2 Å². The smallest absolute Gasteiger partial charge is 0.0304 e. The van der Waals surface area contributed by atoms with Crippen LogP contribution in [-0.2, 0) is 0 Å². The second kappa shape index (κ2) is 6.41. The molecule has 1 fully saturated rings. The molecule has 1 heterocycles. The monoisotopic (exact) mass is 224 g/mol. The molecule has 16 heavy (non-hydrogen) atoms. The third-order valence-corrected chi connectivity index (χ3v) is 4.14. The fraction of sp³-hybridized carbons (Fsp3) is 0.857. The summed E-state index contributed by atoms with van der Waals surface area (Å²) in [6.07, 6.45) is 8.14. The average molecular weight is 224 g/mol. The summed E-state index contributed by atoms with van der Waals surface area (Å²) in [4.78, 5) is 2.64. The minimum Gasteiger partial charge on any atom is -0.308 e. The summed E-state index contributed by atoms with van der Waals surface area (Å²) in [6.45, 7) is 12.5. The Labute approximate surface area is 101 Å². The highest BCUT2D eigenvalue weighted by Crippen LogP contribution is 2.23. The number of nitrogens with zero attached hydrogens (tertiary/aromatic N) is 1. The van der Waals surface area contributed by atoms with Crippen LogP contribution in [0, 0.1) is 0 Å². The highest BCUT2D eigenvalue weighted by atomic mass is 15.2. The number of rotatable bonds is 5. The van der Waals surface area contributed by atoms with Gasteiger partial charge < -0.3 is 5.32 Å². The number of hydrogen-bond acceptors (Lipinski definition) is 2. The molecule has 0 aromatic heterocycles. The molecular formula is C14H28N2.